The summed E-state index contributed by atoms with van der Waals surface area (Å²) in [7, 11) is 0. The quantitative estimate of drug-likeness (QED) is 0.192. The van der Waals surface area contributed by atoms with Gasteiger partial charge in [0, 0.05) is 42.3 Å². The van der Waals surface area contributed by atoms with E-state index in [2.05, 4.69) is 29.4 Å². The third kappa shape index (κ3) is 6.64. The standard InChI is InChI=1S/C37H45N7O4/c1-4-6-17-42(18-7-5-2)37(48)32-19-24(3)44(41-32)33-16-15-27(38-35(46)34-29-13-10-14-31(29)39-40-34)21-30(33)36(47)43-22-26-12-9-8-11-25(26)20-28(43)23-45/h8-9,11-12,15-16,19,21,28,45H,4-7,10,13-14,17-18,20,22-23H2,1-3H3,(H,38,46)(H,39,40)/t28-/m0/s1. The van der Waals surface area contributed by atoms with Gasteiger partial charge in [-0.3, -0.25) is 19.5 Å². The Kier molecular flexibility index (Phi) is 10.0. The third-order valence-electron chi connectivity index (χ3n) is 9.52. The fourth-order valence-electron chi connectivity index (χ4n) is 6.81. The lowest BCUT2D eigenvalue weighted by atomic mass is 9.93. The van der Waals surface area contributed by atoms with Crippen molar-refractivity contribution in [2.75, 3.05) is 25.0 Å². The highest BCUT2D eigenvalue weighted by atomic mass is 16.3. The molecule has 0 radical (unpaired) electrons. The lowest BCUT2D eigenvalue weighted by Gasteiger charge is -2.36. The van der Waals surface area contributed by atoms with Crippen LogP contribution in [0.3, 0.4) is 0 Å². The van der Waals surface area contributed by atoms with Gasteiger partial charge in [0.1, 0.15) is 0 Å². The maximum absolute atomic E-state index is 14.6. The van der Waals surface area contributed by atoms with E-state index in [1.165, 1.54) is 0 Å². The molecule has 0 saturated heterocycles. The van der Waals surface area contributed by atoms with Gasteiger partial charge in [0.2, 0.25) is 0 Å². The molecule has 1 aliphatic carbocycles. The van der Waals surface area contributed by atoms with Gasteiger partial charge in [0.05, 0.1) is 23.9 Å². The highest BCUT2D eigenvalue weighted by Crippen LogP contribution is 2.30. The smallest absolute Gasteiger partial charge is 0.276 e. The zero-order valence-electron chi connectivity index (χ0n) is 28.1. The Morgan fingerprint density at radius 1 is 1.02 bits per heavy atom. The SMILES string of the molecule is CCCCN(CCCC)C(=O)c1cc(C)n(-c2ccc(NC(=O)c3n[nH]c4c3CCC4)cc2C(=O)N2Cc3ccccc3C[C@H]2CO)n1. The molecule has 1 aliphatic heterocycles. The van der Waals surface area contributed by atoms with E-state index < -0.39 is 6.04 Å². The maximum atomic E-state index is 14.6. The summed E-state index contributed by atoms with van der Waals surface area (Å²) in [4.78, 5) is 45.2. The van der Waals surface area contributed by atoms with Crippen molar-refractivity contribution in [1.82, 2.24) is 29.8 Å². The Labute approximate surface area is 281 Å². The number of nitrogens with one attached hydrogen (secondary N) is 2. The van der Waals surface area contributed by atoms with Crippen LogP contribution in [-0.4, -0.2) is 78.3 Å². The zero-order valence-corrected chi connectivity index (χ0v) is 28.1. The van der Waals surface area contributed by atoms with Gasteiger partial charge >= 0.3 is 0 Å². The number of hydrogen-bond acceptors (Lipinski definition) is 6. The molecule has 2 aromatic carbocycles. The molecular weight excluding hydrogens is 606 g/mol. The summed E-state index contributed by atoms with van der Waals surface area (Å²) < 4.78 is 1.64. The Morgan fingerprint density at radius 3 is 2.50 bits per heavy atom. The molecule has 3 heterocycles. The maximum Gasteiger partial charge on any atom is 0.276 e. The summed E-state index contributed by atoms with van der Waals surface area (Å²) in [5.74, 6) is -0.774. The van der Waals surface area contributed by atoms with Crippen molar-refractivity contribution >= 4 is 23.4 Å². The minimum absolute atomic E-state index is 0.130. The number of hydrogen-bond donors (Lipinski definition) is 3. The lowest BCUT2D eigenvalue weighted by molar-refractivity contribution is 0.0544. The number of H-pyrrole nitrogens is 1. The van der Waals surface area contributed by atoms with Crippen LogP contribution in [0.15, 0.2) is 48.5 Å². The number of aromatic amines is 1. The lowest BCUT2D eigenvalue weighted by Crippen LogP contribution is -2.46. The molecule has 0 fully saturated rings. The van der Waals surface area contributed by atoms with E-state index in [0.29, 0.717) is 60.1 Å². The molecule has 0 bridgehead atoms. The van der Waals surface area contributed by atoms with Gasteiger partial charge in [-0.25, -0.2) is 4.68 Å². The number of carbonyl (C=O) groups is 3. The van der Waals surface area contributed by atoms with Crippen LogP contribution < -0.4 is 5.32 Å². The van der Waals surface area contributed by atoms with E-state index in [0.717, 1.165) is 67.3 Å². The van der Waals surface area contributed by atoms with Gasteiger partial charge in [-0.15, -0.1) is 0 Å². The summed E-state index contributed by atoms with van der Waals surface area (Å²) in [6.07, 6.45) is 6.96. The average molecular weight is 652 g/mol. The van der Waals surface area contributed by atoms with E-state index in [1.807, 2.05) is 36.1 Å². The topological polar surface area (TPSA) is 136 Å². The Morgan fingerprint density at radius 2 is 1.77 bits per heavy atom. The van der Waals surface area contributed by atoms with Crippen molar-refractivity contribution < 1.29 is 19.5 Å². The van der Waals surface area contributed by atoms with Gasteiger partial charge in [-0.05, 0) is 80.8 Å². The number of aliphatic hydroxyl groups is 1. The molecule has 0 saturated carbocycles. The van der Waals surface area contributed by atoms with Crippen molar-refractivity contribution in [3.8, 4) is 5.69 Å². The summed E-state index contributed by atoms with van der Waals surface area (Å²) in [6, 6.07) is 14.4. The number of unbranched alkanes of at least 4 members (excludes halogenated alkanes) is 2. The van der Waals surface area contributed by atoms with Gasteiger partial charge in [0.15, 0.2) is 11.4 Å². The molecule has 4 aromatic rings. The molecule has 252 valence electrons. The first kappa shape index (κ1) is 33.1. The number of rotatable bonds is 12. The van der Waals surface area contributed by atoms with Crippen molar-refractivity contribution in [3.05, 3.63) is 93.6 Å². The second-order valence-electron chi connectivity index (χ2n) is 12.9. The van der Waals surface area contributed by atoms with E-state index in [9.17, 15) is 19.5 Å². The van der Waals surface area contributed by atoms with Crippen LogP contribution in [0.5, 0.6) is 0 Å². The number of fused-ring (bicyclic) bond motifs is 2. The molecule has 11 heteroatoms. The van der Waals surface area contributed by atoms with Gasteiger partial charge in [-0.1, -0.05) is 51.0 Å². The van der Waals surface area contributed by atoms with E-state index >= 15 is 0 Å². The number of anilines is 1. The summed E-state index contributed by atoms with van der Waals surface area (Å²) in [5, 5.41) is 25.3. The van der Waals surface area contributed by atoms with E-state index in [4.69, 9.17) is 5.10 Å². The predicted molar refractivity (Wildman–Crippen MR) is 183 cm³/mol. The molecule has 0 unspecified atom stereocenters. The molecule has 1 atom stereocenters. The first-order chi connectivity index (χ1) is 23.3. The summed E-state index contributed by atoms with van der Waals surface area (Å²) >= 11 is 0. The molecule has 3 N–H and O–H groups in total. The number of benzene rings is 2. The minimum atomic E-state index is -0.424. The number of nitrogens with zero attached hydrogens (tertiary/aromatic N) is 5. The summed E-state index contributed by atoms with van der Waals surface area (Å²) in [6.45, 7) is 7.55. The van der Waals surface area contributed by atoms with Crippen LogP contribution in [0.2, 0.25) is 0 Å². The van der Waals surface area contributed by atoms with Crippen molar-refractivity contribution in [3.63, 3.8) is 0 Å². The van der Waals surface area contributed by atoms with Crippen LogP contribution >= 0.6 is 0 Å². The molecule has 0 spiro atoms. The monoisotopic (exact) mass is 651 g/mol. The fraction of sp³-hybridized carbons (Fsp3) is 0.432. The Balaban J connectivity index is 1.37. The van der Waals surface area contributed by atoms with Gasteiger partial charge in [0.25, 0.3) is 17.7 Å². The van der Waals surface area contributed by atoms with Crippen LogP contribution in [0, 0.1) is 6.92 Å². The second kappa shape index (κ2) is 14.6. The zero-order chi connectivity index (χ0) is 33.8. The molecule has 11 nitrogen and oxygen atoms in total. The fourth-order valence-corrected chi connectivity index (χ4v) is 6.81. The van der Waals surface area contributed by atoms with Crippen LogP contribution in [-0.2, 0) is 25.8 Å². The molecule has 2 aromatic heterocycles. The van der Waals surface area contributed by atoms with Crippen LogP contribution in [0.25, 0.3) is 5.69 Å². The number of aryl methyl sites for hydroxylation is 2. The third-order valence-corrected chi connectivity index (χ3v) is 9.52. The minimum Gasteiger partial charge on any atom is -0.394 e. The average Bonchev–Trinajstić information content (AvgIpc) is 3.84. The van der Waals surface area contributed by atoms with Crippen molar-refractivity contribution in [1.29, 1.82) is 0 Å². The molecular formula is C37H45N7O4. The Hall–Kier alpha value is -4.77. The highest BCUT2D eigenvalue weighted by molar-refractivity contribution is 6.06. The predicted octanol–water partition coefficient (Wildman–Crippen LogP) is 5.25. The molecule has 48 heavy (non-hydrogen) atoms. The highest BCUT2D eigenvalue weighted by Gasteiger charge is 2.32. The van der Waals surface area contributed by atoms with Gasteiger partial charge < -0.3 is 20.2 Å². The van der Waals surface area contributed by atoms with Gasteiger partial charge in [-0.2, -0.15) is 10.2 Å². The van der Waals surface area contributed by atoms with E-state index in [1.54, 1.807) is 33.8 Å². The van der Waals surface area contributed by atoms with Crippen LogP contribution in [0.1, 0.15) is 105 Å². The number of aromatic nitrogens is 4. The molecule has 6 rings (SSSR count). The largest absolute Gasteiger partial charge is 0.394 e. The van der Waals surface area contributed by atoms with E-state index in [-0.39, 0.29) is 24.3 Å². The molecule has 2 aliphatic rings. The van der Waals surface area contributed by atoms with Crippen molar-refractivity contribution in [2.24, 2.45) is 0 Å². The van der Waals surface area contributed by atoms with Crippen LogP contribution in [0.4, 0.5) is 5.69 Å². The summed E-state index contributed by atoms with van der Waals surface area (Å²) in [5.41, 5.74) is 6.68. The van der Waals surface area contributed by atoms with Crippen molar-refractivity contribution in [2.45, 2.75) is 84.7 Å². The Bertz CT molecular complexity index is 1800. The number of aliphatic hydroxyl groups excluding tert-OH is 1. The number of amides is 3. The molecule has 3 amide bonds. The first-order valence-corrected chi connectivity index (χ1v) is 17.2. The first-order valence-electron chi connectivity index (χ1n) is 17.2. The second-order valence-corrected chi connectivity index (χ2v) is 12.9. The normalized spacial score (nSPS) is 15.2. The number of carbonyl (C=O) groups excluding carboxylic acids is 3.